The van der Waals surface area contributed by atoms with Crippen molar-refractivity contribution in [2.75, 3.05) is 7.11 Å². The van der Waals surface area contributed by atoms with Crippen molar-refractivity contribution in [3.05, 3.63) is 89.9 Å². The summed E-state index contributed by atoms with van der Waals surface area (Å²) in [4.78, 5) is 15.4. The van der Waals surface area contributed by atoms with E-state index in [-0.39, 0.29) is 17.8 Å². The lowest BCUT2D eigenvalue weighted by molar-refractivity contribution is -0.137. The third-order valence-electron chi connectivity index (χ3n) is 8.11. The lowest BCUT2D eigenvalue weighted by atomic mass is 9.75. The van der Waals surface area contributed by atoms with Gasteiger partial charge in [0.05, 0.1) is 19.7 Å². The first-order valence-electron chi connectivity index (χ1n) is 13.3. The standard InChI is InChI=1S/C32H34FNO4/c1-3-32(13-4-5-14-32)28-15-21(9-12-25(28)27-17-30(37-2)34-19-29(27)33)20-38-24-8-6-7-23(16-24)26(18-31(35)36)22-10-11-22/h3,6-9,12,15-17,19,22,26H,1,4-5,10-11,13-14,18,20H2,2H3,(H,35,36)/t26-/m1/s1. The molecule has 0 amide bonds. The van der Waals surface area contributed by atoms with Gasteiger partial charge < -0.3 is 14.6 Å². The molecule has 1 atom stereocenters. The number of pyridine rings is 1. The highest BCUT2D eigenvalue weighted by Gasteiger charge is 2.36. The van der Waals surface area contributed by atoms with Crippen LogP contribution in [-0.4, -0.2) is 23.2 Å². The molecule has 1 aromatic heterocycles. The number of carbonyl (C=O) groups is 1. The molecule has 6 heteroatoms. The number of halogens is 1. The fourth-order valence-electron chi connectivity index (χ4n) is 5.90. The predicted octanol–water partition coefficient (Wildman–Crippen LogP) is 7.44. The number of carboxylic acid groups (broad SMARTS) is 1. The molecular formula is C32H34FNO4. The summed E-state index contributed by atoms with van der Waals surface area (Å²) in [6.45, 7) is 4.51. The van der Waals surface area contributed by atoms with E-state index in [2.05, 4.69) is 17.6 Å². The molecule has 0 aliphatic heterocycles. The molecule has 1 heterocycles. The summed E-state index contributed by atoms with van der Waals surface area (Å²) in [5, 5.41) is 9.38. The van der Waals surface area contributed by atoms with E-state index >= 15 is 0 Å². The van der Waals surface area contributed by atoms with Crippen LogP contribution >= 0.6 is 0 Å². The number of rotatable bonds is 11. The van der Waals surface area contributed by atoms with Crippen LogP contribution < -0.4 is 9.47 Å². The van der Waals surface area contributed by atoms with Gasteiger partial charge in [-0.05, 0) is 71.9 Å². The second kappa shape index (κ2) is 11.0. The number of ether oxygens (including phenoxy) is 2. The maximum absolute atomic E-state index is 15.0. The van der Waals surface area contributed by atoms with Crippen molar-refractivity contribution in [3.8, 4) is 22.8 Å². The quantitative estimate of drug-likeness (QED) is 0.269. The third-order valence-corrected chi connectivity index (χ3v) is 8.11. The predicted molar refractivity (Wildman–Crippen MR) is 145 cm³/mol. The van der Waals surface area contributed by atoms with E-state index in [0.717, 1.165) is 60.8 Å². The molecule has 2 aliphatic carbocycles. The minimum atomic E-state index is -0.771. The molecule has 3 aromatic rings. The van der Waals surface area contributed by atoms with Gasteiger partial charge in [-0.2, -0.15) is 0 Å². The Balaban J connectivity index is 1.44. The first-order chi connectivity index (χ1) is 18.4. The Morgan fingerprint density at radius 3 is 2.66 bits per heavy atom. The number of hydrogen-bond donors (Lipinski definition) is 1. The number of methoxy groups -OCH3 is 1. The van der Waals surface area contributed by atoms with Crippen molar-refractivity contribution >= 4 is 5.97 Å². The molecule has 198 valence electrons. The first-order valence-corrected chi connectivity index (χ1v) is 13.3. The molecule has 38 heavy (non-hydrogen) atoms. The highest BCUT2D eigenvalue weighted by atomic mass is 19.1. The summed E-state index contributed by atoms with van der Waals surface area (Å²) in [6, 6.07) is 15.5. The summed E-state index contributed by atoms with van der Waals surface area (Å²) in [5.41, 5.74) is 4.08. The number of benzene rings is 2. The van der Waals surface area contributed by atoms with Crippen molar-refractivity contribution in [1.29, 1.82) is 0 Å². The Bertz CT molecular complexity index is 1330. The number of hydrogen-bond acceptors (Lipinski definition) is 4. The van der Waals surface area contributed by atoms with Crippen LogP contribution in [0.15, 0.2) is 67.4 Å². The topological polar surface area (TPSA) is 68.7 Å². The van der Waals surface area contributed by atoms with Gasteiger partial charge in [0, 0.05) is 17.0 Å². The smallest absolute Gasteiger partial charge is 0.303 e. The average molecular weight is 516 g/mol. The second-order valence-corrected chi connectivity index (χ2v) is 10.6. The van der Waals surface area contributed by atoms with Crippen molar-refractivity contribution in [3.63, 3.8) is 0 Å². The molecule has 0 spiro atoms. The lowest BCUT2D eigenvalue weighted by Crippen LogP contribution is -2.20. The van der Waals surface area contributed by atoms with Crippen LogP contribution in [0.4, 0.5) is 4.39 Å². The number of allylic oxidation sites excluding steroid dienone is 1. The van der Waals surface area contributed by atoms with E-state index in [1.165, 1.54) is 13.3 Å². The van der Waals surface area contributed by atoms with Crippen LogP contribution in [0.1, 0.15) is 67.6 Å². The zero-order valence-electron chi connectivity index (χ0n) is 21.8. The molecule has 5 nitrogen and oxygen atoms in total. The molecule has 2 aliphatic rings. The van der Waals surface area contributed by atoms with E-state index in [9.17, 15) is 14.3 Å². The van der Waals surface area contributed by atoms with Crippen LogP contribution in [0.5, 0.6) is 11.6 Å². The van der Waals surface area contributed by atoms with Crippen LogP contribution in [0.25, 0.3) is 11.1 Å². The molecule has 5 rings (SSSR count). The summed E-state index contributed by atoms with van der Waals surface area (Å²) >= 11 is 0. The van der Waals surface area contributed by atoms with Crippen LogP contribution in [-0.2, 0) is 16.8 Å². The van der Waals surface area contributed by atoms with Crippen molar-refractivity contribution < 1.29 is 23.8 Å². The Morgan fingerprint density at radius 2 is 1.97 bits per heavy atom. The monoisotopic (exact) mass is 515 g/mol. The third kappa shape index (κ3) is 5.45. The summed E-state index contributed by atoms with van der Waals surface area (Å²) in [6.07, 6.45) is 9.64. The Hall–Kier alpha value is -3.67. The van der Waals surface area contributed by atoms with Crippen molar-refractivity contribution in [2.45, 2.75) is 62.9 Å². The number of aromatic nitrogens is 1. The lowest BCUT2D eigenvalue weighted by Gasteiger charge is -2.29. The van der Waals surface area contributed by atoms with E-state index in [1.54, 1.807) is 6.07 Å². The van der Waals surface area contributed by atoms with Crippen molar-refractivity contribution in [2.24, 2.45) is 5.92 Å². The fourth-order valence-corrected chi connectivity index (χ4v) is 5.90. The van der Waals surface area contributed by atoms with Gasteiger partial charge in [-0.15, -0.1) is 6.58 Å². The zero-order chi connectivity index (χ0) is 26.7. The zero-order valence-corrected chi connectivity index (χ0v) is 21.8. The molecule has 2 aromatic carbocycles. The van der Waals surface area contributed by atoms with Gasteiger partial charge >= 0.3 is 5.97 Å². The van der Waals surface area contributed by atoms with Gasteiger partial charge in [0.25, 0.3) is 0 Å². The van der Waals surface area contributed by atoms with Crippen LogP contribution in [0.2, 0.25) is 0 Å². The van der Waals surface area contributed by atoms with Crippen molar-refractivity contribution in [1.82, 2.24) is 4.98 Å². The van der Waals surface area contributed by atoms with E-state index < -0.39 is 11.8 Å². The molecule has 0 unspecified atom stereocenters. The van der Waals surface area contributed by atoms with Gasteiger partial charge in [-0.3, -0.25) is 4.79 Å². The molecule has 2 saturated carbocycles. The molecule has 1 N–H and O–H groups in total. The molecule has 0 radical (unpaired) electrons. The molecule has 2 fully saturated rings. The minimum absolute atomic E-state index is 0.0176. The van der Waals surface area contributed by atoms with Crippen LogP contribution in [0.3, 0.4) is 0 Å². The first kappa shape index (κ1) is 26.0. The number of carboxylic acids is 1. The largest absolute Gasteiger partial charge is 0.489 e. The van der Waals surface area contributed by atoms with Gasteiger partial charge in [-0.1, -0.05) is 49.2 Å². The Labute approximate surface area is 223 Å². The van der Waals surface area contributed by atoms with Gasteiger partial charge in [-0.25, -0.2) is 9.37 Å². The van der Waals surface area contributed by atoms with Crippen LogP contribution in [0, 0.1) is 11.7 Å². The Kier molecular flexibility index (Phi) is 7.50. The molecule has 0 saturated heterocycles. The van der Waals surface area contributed by atoms with Gasteiger partial charge in [0.1, 0.15) is 18.2 Å². The molecule has 0 bridgehead atoms. The SMILES string of the molecule is C=CC1(c2cc(COc3cccc([C@H](CC(=O)O)C4CC4)c3)ccc2-c2cc(OC)ncc2F)CCCC1. The normalized spacial score (nSPS) is 17.1. The van der Waals surface area contributed by atoms with E-state index in [1.807, 2.05) is 42.5 Å². The minimum Gasteiger partial charge on any atom is -0.489 e. The summed E-state index contributed by atoms with van der Waals surface area (Å²) < 4.78 is 26.5. The maximum Gasteiger partial charge on any atom is 0.303 e. The second-order valence-electron chi connectivity index (χ2n) is 10.6. The highest BCUT2D eigenvalue weighted by molar-refractivity contribution is 5.71. The van der Waals surface area contributed by atoms with Gasteiger partial charge in [0.15, 0.2) is 0 Å². The van der Waals surface area contributed by atoms with E-state index in [0.29, 0.717) is 29.7 Å². The van der Waals surface area contributed by atoms with Gasteiger partial charge in [0.2, 0.25) is 5.88 Å². The average Bonchev–Trinajstić information content (AvgIpc) is 3.66. The summed E-state index contributed by atoms with van der Waals surface area (Å²) in [7, 11) is 1.52. The fraction of sp³-hybridized carbons (Fsp3) is 0.375. The number of aliphatic carboxylic acids is 1. The highest BCUT2D eigenvalue weighted by Crippen LogP contribution is 2.47. The number of nitrogens with zero attached hydrogens (tertiary/aromatic N) is 1. The van der Waals surface area contributed by atoms with E-state index in [4.69, 9.17) is 9.47 Å². The summed E-state index contributed by atoms with van der Waals surface area (Å²) in [5.74, 6) is 0.373. The molecular weight excluding hydrogens is 481 g/mol. The Morgan fingerprint density at radius 1 is 1.18 bits per heavy atom. The maximum atomic E-state index is 15.0.